The summed E-state index contributed by atoms with van der Waals surface area (Å²) in [5.74, 6) is -0.769. The molecule has 1 fully saturated rings. The molecule has 1 aromatic carbocycles. The topological polar surface area (TPSA) is 61.5 Å². The van der Waals surface area contributed by atoms with Crippen molar-refractivity contribution in [2.45, 2.75) is 38.0 Å². The molecule has 1 aliphatic rings. The van der Waals surface area contributed by atoms with Crippen molar-refractivity contribution in [3.63, 3.8) is 0 Å². The molecule has 0 aliphatic heterocycles. The minimum Gasteiger partial charge on any atom is -0.497 e. The number of hydrogen-bond acceptors (Lipinski definition) is 5. The van der Waals surface area contributed by atoms with Gasteiger partial charge < -0.3 is 9.47 Å². The second kappa shape index (κ2) is 7.09. The average Bonchev–Trinajstić information content (AvgIpc) is 3.15. The molecule has 27 heavy (non-hydrogen) atoms. The van der Waals surface area contributed by atoms with Crippen molar-refractivity contribution in [3.8, 4) is 22.8 Å². The molecule has 2 heterocycles. The first kappa shape index (κ1) is 17.6. The molecular formula is C19H20F2N4O2. The summed E-state index contributed by atoms with van der Waals surface area (Å²) in [6.07, 6.45) is 6.47. The summed E-state index contributed by atoms with van der Waals surface area (Å²) in [6.45, 7) is 0. The third kappa shape index (κ3) is 2.98. The zero-order valence-corrected chi connectivity index (χ0v) is 15.2. The largest absolute Gasteiger partial charge is 0.497 e. The summed E-state index contributed by atoms with van der Waals surface area (Å²) in [7, 11) is 2.80. The number of halogens is 2. The monoisotopic (exact) mass is 374 g/mol. The predicted molar refractivity (Wildman–Crippen MR) is 95.1 cm³/mol. The number of nitrogens with zero attached hydrogens (tertiary/aromatic N) is 4. The van der Waals surface area contributed by atoms with Gasteiger partial charge in [0.15, 0.2) is 0 Å². The number of fused-ring (bicyclic) bond motifs is 1. The Kier molecular flexibility index (Phi) is 4.63. The standard InChI is InChI=1S/C19H20F2N4O2/c1-26-12-8-13(20)15(14(21)9-12)16-17(11-6-4-3-5-7-11)25-19(22-10-23-25)24-18(16)27-2/h8-11H,3-7H2,1-2H3. The Labute approximate surface area is 155 Å². The summed E-state index contributed by atoms with van der Waals surface area (Å²) in [6, 6.07) is 2.32. The Morgan fingerprint density at radius 2 is 1.70 bits per heavy atom. The summed E-state index contributed by atoms with van der Waals surface area (Å²) in [4.78, 5) is 8.46. The second-order valence-corrected chi connectivity index (χ2v) is 6.65. The van der Waals surface area contributed by atoms with Gasteiger partial charge in [-0.1, -0.05) is 19.3 Å². The number of benzene rings is 1. The molecule has 0 radical (unpaired) electrons. The summed E-state index contributed by atoms with van der Waals surface area (Å²) >= 11 is 0. The van der Waals surface area contributed by atoms with Crippen LogP contribution in [0.1, 0.15) is 43.7 Å². The van der Waals surface area contributed by atoms with Crippen LogP contribution in [-0.2, 0) is 0 Å². The van der Waals surface area contributed by atoms with Gasteiger partial charge in [0.05, 0.1) is 31.0 Å². The normalized spacial score (nSPS) is 15.3. The van der Waals surface area contributed by atoms with Crippen LogP contribution in [0.3, 0.4) is 0 Å². The van der Waals surface area contributed by atoms with Gasteiger partial charge in [0.25, 0.3) is 5.78 Å². The molecule has 8 heteroatoms. The van der Waals surface area contributed by atoms with E-state index in [1.807, 2.05) is 0 Å². The lowest BCUT2D eigenvalue weighted by molar-refractivity contribution is 0.390. The van der Waals surface area contributed by atoms with E-state index in [0.717, 1.165) is 44.2 Å². The van der Waals surface area contributed by atoms with Crippen LogP contribution >= 0.6 is 0 Å². The van der Waals surface area contributed by atoms with Gasteiger partial charge in [-0.25, -0.2) is 13.3 Å². The van der Waals surface area contributed by atoms with Gasteiger partial charge in [-0.05, 0) is 12.8 Å². The fourth-order valence-electron chi connectivity index (χ4n) is 3.89. The van der Waals surface area contributed by atoms with E-state index in [0.29, 0.717) is 17.0 Å². The number of ether oxygens (including phenoxy) is 2. The number of methoxy groups -OCH3 is 2. The van der Waals surface area contributed by atoms with Crippen LogP contribution in [0.2, 0.25) is 0 Å². The third-order valence-electron chi connectivity index (χ3n) is 5.12. The Hall–Kier alpha value is -2.77. The van der Waals surface area contributed by atoms with E-state index < -0.39 is 11.6 Å². The van der Waals surface area contributed by atoms with Gasteiger partial charge in [-0.15, -0.1) is 0 Å². The lowest BCUT2D eigenvalue weighted by atomic mass is 9.83. The summed E-state index contributed by atoms with van der Waals surface area (Å²) < 4.78 is 41.8. The Morgan fingerprint density at radius 1 is 1.00 bits per heavy atom. The molecule has 6 nitrogen and oxygen atoms in total. The van der Waals surface area contributed by atoms with E-state index in [1.165, 1.54) is 20.5 Å². The fraction of sp³-hybridized carbons (Fsp3) is 0.421. The maximum atomic E-state index is 14.9. The molecule has 142 valence electrons. The van der Waals surface area contributed by atoms with E-state index in [9.17, 15) is 8.78 Å². The molecule has 4 rings (SSSR count). The number of aromatic nitrogens is 4. The highest BCUT2D eigenvalue weighted by atomic mass is 19.1. The molecular weight excluding hydrogens is 354 g/mol. The highest BCUT2D eigenvalue weighted by Gasteiger charge is 2.30. The first-order chi connectivity index (χ1) is 13.1. The van der Waals surface area contributed by atoms with Crippen molar-refractivity contribution >= 4 is 5.78 Å². The first-order valence-electron chi connectivity index (χ1n) is 8.95. The highest BCUT2D eigenvalue weighted by Crippen LogP contribution is 2.43. The average molecular weight is 374 g/mol. The molecule has 0 N–H and O–H groups in total. The molecule has 1 aliphatic carbocycles. The summed E-state index contributed by atoms with van der Waals surface area (Å²) in [5, 5.41) is 4.27. The van der Waals surface area contributed by atoms with Gasteiger partial charge in [0, 0.05) is 18.1 Å². The van der Waals surface area contributed by atoms with Crippen LogP contribution in [0.25, 0.3) is 16.9 Å². The fourth-order valence-corrected chi connectivity index (χ4v) is 3.89. The maximum absolute atomic E-state index is 14.9. The number of hydrogen-bond donors (Lipinski definition) is 0. The molecule has 0 spiro atoms. The molecule has 2 aromatic heterocycles. The molecule has 0 atom stereocenters. The van der Waals surface area contributed by atoms with Crippen molar-refractivity contribution in [3.05, 3.63) is 35.8 Å². The van der Waals surface area contributed by atoms with Gasteiger partial charge >= 0.3 is 0 Å². The molecule has 0 unspecified atom stereocenters. The van der Waals surface area contributed by atoms with Crippen molar-refractivity contribution < 1.29 is 18.3 Å². The summed E-state index contributed by atoms with van der Waals surface area (Å²) in [5.41, 5.74) is 0.801. The Bertz CT molecular complexity index is 960. The molecule has 3 aromatic rings. The smallest absolute Gasteiger partial charge is 0.255 e. The minimum absolute atomic E-state index is 0.0933. The third-order valence-corrected chi connectivity index (χ3v) is 5.12. The lowest BCUT2D eigenvalue weighted by Crippen LogP contribution is -2.15. The predicted octanol–water partition coefficient (Wildman–Crippen LogP) is 4.13. The van der Waals surface area contributed by atoms with Crippen molar-refractivity contribution in [1.29, 1.82) is 0 Å². The van der Waals surface area contributed by atoms with E-state index in [4.69, 9.17) is 9.47 Å². The van der Waals surface area contributed by atoms with Crippen molar-refractivity contribution in [2.75, 3.05) is 14.2 Å². The zero-order chi connectivity index (χ0) is 19.0. The zero-order valence-electron chi connectivity index (χ0n) is 15.2. The van der Waals surface area contributed by atoms with Gasteiger partial charge in [-0.2, -0.15) is 15.1 Å². The van der Waals surface area contributed by atoms with Crippen LogP contribution < -0.4 is 9.47 Å². The number of rotatable bonds is 4. The van der Waals surface area contributed by atoms with Gasteiger partial charge in [-0.3, -0.25) is 0 Å². The van der Waals surface area contributed by atoms with Crippen LogP contribution in [-0.4, -0.2) is 33.8 Å². The van der Waals surface area contributed by atoms with Crippen molar-refractivity contribution in [2.24, 2.45) is 0 Å². The van der Waals surface area contributed by atoms with E-state index >= 15 is 0 Å². The lowest BCUT2D eigenvalue weighted by Gasteiger charge is -2.25. The van der Waals surface area contributed by atoms with Crippen LogP contribution in [0.15, 0.2) is 18.5 Å². The van der Waals surface area contributed by atoms with Crippen LogP contribution in [0, 0.1) is 11.6 Å². The van der Waals surface area contributed by atoms with Crippen LogP contribution in [0.4, 0.5) is 8.78 Å². The first-order valence-corrected chi connectivity index (χ1v) is 8.95. The molecule has 0 saturated heterocycles. The minimum atomic E-state index is -0.733. The van der Waals surface area contributed by atoms with Crippen molar-refractivity contribution in [1.82, 2.24) is 19.6 Å². The quantitative estimate of drug-likeness (QED) is 0.687. The van der Waals surface area contributed by atoms with Gasteiger partial charge in [0.1, 0.15) is 23.7 Å². The van der Waals surface area contributed by atoms with E-state index in [2.05, 4.69) is 15.1 Å². The van der Waals surface area contributed by atoms with Gasteiger partial charge in [0.2, 0.25) is 5.88 Å². The van der Waals surface area contributed by atoms with E-state index in [-0.39, 0.29) is 23.1 Å². The maximum Gasteiger partial charge on any atom is 0.255 e. The molecule has 1 saturated carbocycles. The Balaban J connectivity index is 2.04. The highest BCUT2D eigenvalue weighted by molar-refractivity contribution is 5.74. The van der Waals surface area contributed by atoms with E-state index in [1.54, 1.807) is 4.52 Å². The Morgan fingerprint density at radius 3 is 2.33 bits per heavy atom. The SMILES string of the molecule is COc1cc(F)c(-c2c(OC)nc3ncnn3c2C2CCCCC2)c(F)c1. The van der Waals surface area contributed by atoms with Crippen LogP contribution in [0.5, 0.6) is 11.6 Å². The molecule has 0 bridgehead atoms. The molecule has 0 amide bonds. The second-order valence-electron chi connectivity index (χ2n) is 6.65.